The molecule has 0 aliphatic rings. The molecule has 3 nitrogen and oxygen atoms in total. The summed E-state index contributed by atoms with van der Waals surface area (Å²) >= 11 is 0. The first-order valence-corrected chi connectivity index (χ1v) is 6.15. The molecule has 2 aromatic carbocycles. The predicted molar refractivity (Wildman–Crippen MR) is 73.9 cm³/mol. The Bertz CT molecular complexity index is 623. The van der Waals surface area contributed by atoms with Gasteiger partial charge in [0.15, 0.2) is 11.5 Å². The topological polar surface area (TPSA) is 35.5 Å². The fourth-order valence-electron chi connectivity index (χ4n) is 1.86. The van der Waals surface area contributed by atoms with Gasteiger partial charge in [-0.05, 0) is 48.4 Å². The van der Waals surface area contributed by atoms with Gasteiger partial charge in [0.2, 0.25) is 0 Å². The summed E-state index contributed by atoms with van der Waals surface area (Å²) in [6.45, 7) is 2.10. The molecule has 104 valence electrons. The number of carbonyl (C=O) groups excluding carboxylic acids is 1. The van der Waals surface area contributed by atoms with E-state index in [4.69, 9.17) is 9.47 Å². The number of carbonyl (C=O) groups is 1. The largest absolute Gasteiger partial charge is 0.493 e. The van der Waals surface area contributed by atoms with Crippen LogP contribution in [0.2, 0.25) is 0 Å². The van der Waals surface area contributed by atoms with Gasteiger partial charge in [0, 0.05) is 5.56 Å². The Morgan fingerprint density at radius 3 is 2.60 bits per heavy atom. The van der Waals surface area contributed by atoms with E-state index < -0.39 is 0 Å². The van der Waals surface area contributed by atoms with Crippen molar-refractivity contribution in [2.75, 3.05) is 7.11 Å². The van der Waals surface area contributed by atoms with E-state index in [0.29, 0.717) is 17.1 Å². The van der Waals surface area contributed by atoms with Crippen LogP contribution in [0.15, 0.2) is 36.4 Å². The summed E-state index contributed by atoms with van der Waals surface area (Å²) < 4.78 is 23.9. The Balaban J connectivity index is 2.19. The van der Waals surface area contributed by atoms with Crippen molar-refractivity contribution in [2.24, 2.45) is 0 Å². The van der Waals surface area contributed by atoms with Gasteiger partial charge in [0.05, 0.1) is 7.11 Å². The third-order valence-electron chi connectivity index (χ3n) is 3.01. The fourth-order valence-corrected chi connectivity index (χ4v) is 1.86. The minimum absolute atomic E-state index is 0.271. The molecule has 0 bridgehead atoms. The molecule has 0 atom stereocenters. The van der Waals surface area contributed by atoms with Gasteiger partial charge in [-0.25, -0.2) is 4.39 Å². The Kier molecular flexibility index (Phi) is 4.35. The normalized spacial score (nSPS) is 10.2. The molecule has 2 rings (SSSR count). The van der Waals surface area contributed by atoms with Crippen LogP contribution in [0.3, 0.4) is 0 Å². The Hall–Kier alpha value is -2.36. The van der Waals surface area contributed by atoms with Crippen LogP contribution >= 0.6 is 0 Å². The van der Waals surface area contributed by atoms with Crippen LogP contribution in [0.5, 0.6) is 11.5 Å². The van der Waals surface area contributed by atoms with E-state index in [1.54, 1.807) is 24.3 Å². The molecule has 0 fully saturated rings. The first kappa shape index (κ1) is 14.1. The average Bonchev–Trinajstić information content (AvgIpc) is 2.46. The lowest BCUT2D eigenvalue weighted by molar-refractivity contribution is 0.112. The standard InChI is InChI=1S/C16H15FO3/c1-11-7-14(17)5-4-13(11)10-20-16-8-12(9-18)3-6-15(16)19-2/h3-9H,10H2,1-2H3. The number of ether oxygens (including phenoxy) is 2. The van der Waals surface area contributed by atoms with Crippen LogP contribution in [-0.2, 0) is 6.61 Å². The highest BCUT2D eigenvalue weighted by Crippen LogP contribution is 2.28. The van der Waals surface area contributed by atoms with Gasteiger partial charge in [-0.2, -0.15) is 0 Å². The maximum atomic E-state index is 13.0. The number of rotatable bonds is 5. The minimum atomic E-state index is -0.271. The number of hydrogen-bond acceptors (Lipinski definition) is 3. The molecule has 20 heavy (non-hydrogen) atoms. The molecule has 0 amide bonds. The van der Waals surface area contributed by atoms with Crippen LogP contribution in [0, 0.1) is 12.7 Å². The molecule has 0 unspecified atom stereocenters. The zero-order valence-electron chi connectivity index (χ0n) is 11.4. The molecular weight excluding hydrogens is 259 g/mol. The molecular formula is C16H15FO3. The van der Waals surface area contributed by atoms with Crippen LogP contribution in [0.25, 0.3) is 0 Å². The summed E-state index contributed by atoms with van der Waals surface area (Å²) in [5.74, 6) is 0.767. The highest BCUT2D eigenvalue weighted by molar-refractivity contribution is 5.76. The summed E-state index contributed by atoms with van der Waals surface area (Å²) in [6, 6.07) is 9.48. The summed E-state index contributed by atoms with van der Waals surface area (Å²) in [6.07, 6.45) is 0.745. The molecule has 2 aromatic rings. The van der Waals surface area contributed by atoms with Gasteiger partial charge in [-0.15, -0.1) is 0 Å². The van der Waals surface area contributed by atoms with Crippen LogP contribution < -0.4 is 9.47 Å². The molecule has 0 saturated carbocycles. The van der Waals surface area contributed by atoms with E-state index in [1.165, 1.54) is 19.2 Å². The third kappa shape index (κ3) is 3.15. The van der Waals surface area contributed by atoms with E-state index in [0.717, 1.165) is 17.4 Å². The smallest absolute Gasteiger partial charge is 0.162 e. The zero-order valence-corrected chi connectivity index (χ0v) is 11.4. The van der Waals surface area contributed by atoms with Crippen molar-refractivity contribution in [2.45, 2.75) is 13.5 Å². The molecule has 0 saturated heterocycles. The monoisotopic (exact) mass is 274 g/mol. The number of aryl methyl sites for hydroxylation is 1. The van der Waals surface area contributed by atoms with E-state index in [-0.39, 0.29) is 12.4 Å². The predicted octanol–water partition coefficient (Wildman–Crippen LogP) is 3.53. The van der Waals surface area contributed by atoms with Crippen molar-refractivity contribution in [3.05, 3.63) is 58.9 Å². The molecule has 0 heterocycles. The molecule has 4 heteroatoms. The van der Waals surface area contributed by atoms with Crippen molar-refractivity contribution < 1.29 is 18.7 Å². The van der Waals surface area contributed by atoms with Gasteiger partial charge < -0.3 is 9.47 Å². The molecule has 0 spiro atoms. The lowest BCUT2D eigenvalue weighted by Gasteiger charge is -2.12. The molecule has 0 aliphatic carbocycles. The van der Waals surface area contributed by atoms with Crippen LogP contribution in [0.1, 0.15) is 21.5 Å². The fraction of sp³-hybridized carbons (Fsp3) is 0.188. The van der Waals surface area contributed by atoms with Gasteiger partial charge in [-0.1, -0.05) is 6.07 Å². The second-order valence-corrected chi connectivity index (χ2v) is 4.39. The lowest BCUT2D eigenvalue weighted by Crippen LogP contribution is -2.00. The maximum Gasteiger partial charge on any atom is 0.162 e. The van der Waals surface area contributed by atoms with Gasteiger partial charge in [0.25, 0.3) is 0 Å². The van der Waals surface area contributed by atoms with Crippen molar-refractivity contribution in [3.63, 3.8) is 0 Å². The zero-order chi connectivity index (χ0) is 14.5. The first-order valence-electron chi connectivity index (χ1n) is 6.15. The minimum Gasteiger partial charge on any atom is -0.493 e. The van der Waals surface area contributed by atoms with E-state index in [1.807, 2.05) is 6.92 Å². The SMILES string of the molecule is COc1ccc(C=O)cc1OCc1ccc(F)cc1C. The number of halogens is 1. The quantitative estimate of drug-likeness (QED) is 0.782. The van der Waals surface area contributed by atoms with E-state index in [9.17, 15) is 9.18 Å². The molecule has 0 aliphatic heterocycles. The summed E-state index contributed by atoms with van der Waals surface area (Å²) in [5.41, 5.74) is 2.21. The summed E-state index contributed by atoms with van der Waals surface area (Å²) in [7, 11) is 1.53. The first-order chi connectivity index (χ1) is 9.63. The highest BCUT2D eigenvalue weighted by Gasteiger charge is 2.07. The number of methoxy groups -OCH3 is 1. The molecule has 0 N–H and O–H groups in total. The van der Waals surface area contributed by atoms with Crippen molar-refractivity contribution in [3.8, 4) is 11.5 Å². The van der Waals surface area contributed by atoms with Crippen molar-refractivity contribution in [1.29, 1.82) is 0 Å². The van der Waals surface area contributed by atoms with Crippen molar-refractivity contribution >= 4 is 6.29 Å². The maximum absolute atomic E-state index is 13.0. The van der Waals surface area contributed by atoms with Crippen LogP contribution in [-0.4, -0.2) is 13.4 Å². The number of aldehydes is 1. The van der Waals surface area contributed by atoms with Crippen molar-refractivity contribution in [1.82, 2.24) is 0 Å². The summed E-state index contributed by atoms with van der Waals surface area (Å²) in [5, 5.41) is 0. The molecule has 0 aromatic heterocycles. The lowest BCUT2D eigenvalue weighted by atomic mass is 10.1. The van der Waals surface area contributed by atoms with Gasteiger partial charge >= 0.3 is 0 Å². The van der Waals surface area contributed by atoms with Gasteiger partial charge in [-0.3, -0.25) is 4.79 Å². The Labute approximate surface area is 117 Å². The van der Waals surface area contributed by atoms with Crippen LogP contribution in [0.4, 0.5) is 4.39 Å². The van der Waals surface area contributed by atoms with Gasteiger partial charge in [0.1, 0.15) is 18.7 Å². The Morgan fingerprint density at radius 1 is 1.15 bits per heavy atom. The summed E-state index contributed by atoms with van der Waals surface area (Å²) in [4.78, 5) is 10.8. The Morgan fingerprint density at radius 2 is 1.95 bits per heavy atom. The third-order valence-corrected chi connectivity index (χ3v) is 3.01. The van der Waals surface area contributed by atoms with E-state index >= 15 is 0 Å². The second-order valence-electron chi connectivity index (χ2n) is 4.39. The second kappa shape index (κ2) is 6.19. The van der Waals surface area contributed by atoms with E-state index in [2.05, 4.69) is 0 Å². The average molecular weight is 274 g/mol. The molecule has 0 radical (unpaired) electrons. The number of hydrogen-bond donors (Lipinski definition) is 0. The highest BCUT2D eigenvalue weighted by atomic mass is 19.1. The number of benzene rings is 2.